The molecule has 1 aliphatic heterocycles. The lowest BCUT2D eigenvalue weighted by Gasteiger charge is -2.40. The van der Waals surface area contributed by atoms with Crippen molar-refractivity contribution in [3.05, 3.63) is 60.8 Å². The van der Waals surface area contributed by atoms with Gasteiger partial charge in [-0.05, 0) is 84.0 Å². The number of nitrogens with one attached hydrogen (secondary N) is 1. The molecule has 0 bridgehead atoms. The van der Waals surface area contributed by atoms with Crippen molar-refractivity contribution in [1.82, 2.24) is 5.32 Å². The van der Waals surface area contributed by atoms with E-state index in [9.17, 15) is 35.1 Å². The molecule has 460 valence electrons. The number of hydrogen-bond acceptors (Lipinski definition) is 10. The van der Waals surface area contributed by atoms with Gasteiger partial charge in [-0.2, -0.15) is 0 Å². The van der Waals surface area contributed by atoms with E-state index in [-0.39, 0.29) is 18.5 Å². The van der Waals surface area contributed by atoms with Crippen molar-refractivity contribution >= 4 is 11.9 Å². The zero-order valence-electron chi connectivity index (χ0n) is 50.8. The number of carbonyl (C=O) groups is 2. The molecular weight excluding hydrogens is 991 g/mol. The third kappa shape index (κ3) is 46.5. The molecule has 7 atom stereocenters. The van der Waals surface area contributed by atoms with Crippen molar-refractivity contribution in [2.45, 2.75) is 339 Å². The molecule has 0 aliphatic carbocycles. The minimum Gasteiger partial charge on any atom is -0.466 e. The molecule has 1 heterocycles. The maximum Gasteiger partial charge on any atom is 0.305 e. The minimum absolute atomic E-state index is 0.00295. The average Bonchev–Trinajstić information content (AvgIpc) is 3.46. The molecule has 0 saturated carbocycles. The first kappa shape index (κ1) is 74.4. The van der Waals surface area contributed by atoms with Gasteiger partial charge in [0.1, 0.15) is 24.4 Å². The summed E-state index contributed by atoms with van der Waals surface area (Å²) in [5.74, 6) is -0.200. The van der Waals surface area contributed by atoms with Crippen molar-refractivity contribution in [3.63, 3.8) is 0 Å². The van der Waals surface area contributed by atoms with E-state index in [1.807, 2.05) is 19.1 Å². The molecule has 0 aromatic rings. The van der Waals surface area contributed by atoms with Gasteiger partial charge in [0.05, 0.1) is 32.0 Å². The Hall–Kier alpha value is -2.64. The van der Waals surface area contributed by atoms with Gasteiger partial charge in [0, 0.05) is 12.8 Å². The molecule has 0 spiro atoms. The fourth-order valence-electron chi connectivity index (χ4n) is 10.2. The molecule has 11 nitrogen and oxygen atoms in total. The van der Waals surface area contributed by atoms with E-state index in [1.54, 1.807) is 6.08 Å². The quantitative estimate of drug-likeness (QED) is 0.0195. The standard InChI is InChI=1S/C68H123NO10/c1-3-5-7-9-11-13-14-15-29-33-36-40-44-48-52-56-64(73)77-57-53-49-45-41-37-34-31-28-26-24-22-20-18-16-17-19-21-23-25-27-30-32-35-39-43-47-51-55-63(72)69-60(61(71)54-50-46-42-38-12-10-8-6-4-2)59-78-68-67(76)66(75)65(74)62(58-70)79-68/h4,6,12,16-17,20,22,38,50,54,60-62,65-68,70-71,74-76H,3,5,7-11,13-15,18-19,21,23-37,39-49,51-53,55-59H2,1-2H3,(H,69,72)/b6-4+,17-16-,22-20-,38-12+,54-50+. The van der Waals surface area contributed by atoms with Gasteiger partial charge in [-0.1, -0.05) is 260 Å². The molecule has 0 aromatic heterocycles. The SMILES string of the molecule is C/C=C/CC/C=C/CC/C=C/C(O)C(COC1OC(CO)C(O)C(O)C1O)NC(=O)CCCCCCCCCCCCC/C=C\C/C=C\CCCCCCCCCCCOC(=O)CCCCCCCCCCCCCCCCC. The molecule has 1 amide bonds. The second-order valence-corrected chi connectivity index (χ2v) is 22.8. The summed E-state index contributed by atoms with van der Waals surface area (Å²) in [5, 5.41) is 54.2. The van der Waals surface area contributed by atoms with Gasteiger partial charge in [0.25, 0.3) is 0 Å². The molecule has 11 heteroatoms. The molecule has 7 unspecified atom stereocenters. The molecule has 1 rings (SSSR count). The van der Waals surface area contributed by atoms with Crippen LogP contribution in [0.5, 0.6) is 0 Å². The van der Waals surface area contributed by atoms with E-state index >= 15 is 0 Å². The number of allylic oxidation sites excluding steroid dienone is 9. The van der Waals surface area contributed by atoms with Crippen LogP contribution in [0, 0.1) is 0 Å². The van der Waals surface area contributed by atoms with E-state index in [0.29, 0.717) is 19.4 Å². The summed E-state index contributed by atoms with van der Waals surface area (Å²) in [4.78, 5) is 25.1. The van der Waals surface area contributed by atoms with Gasteiger partial charge >= 0.3 is 5.97 Å². The van der Waals surface area contributed by atoms with Gasteiger partial charge in [-0.15, -0.1) is 0 Å². The Kier molecular flexibility index (Phi) is 53.8. The number of unbranched alkanes of at least 4 members (excludes halogenated alkanes) is 36. The Morgan fingerprint density at radius 2 is 0.911 bits per heavy atom. The van der Waals surface area contributed by atoms with Gasteiger partial charge in [0.15, 0.2) is 6.29 Å². The number of hydrogen-bond donors (Lipinski definition) is 6. The number of amides is 1. The van der Waals surface area contributed by atoms with Gasteiger partial charge in [-0.3, -0.25) is 9.59 Å². The van der Waals surface area contributed by atoms with Crippen LogP contribution < -0.4 is 5.32 Å². The first-order valence-corrected chi connectivity index (χ1v) is 33.0. The normalized spacial score (nSPS) is 18.8. The number of carbonyl (C=O) groups excluding carboxylic acids is 2. The molecular formula is C68H123NO10. The van der Waals surface area contributed by atoms with Gasteiger partial charge in [0.2, 0.25) is 5.91 Å². The van der Waals surface area contributed by atoms with Crippen LogP contribution in [0.15, 0.2) is 60.8 Å². The third-order valence-electron chi connectivity index (χ3n) is 15.4. The fraction of sp³-hybridized carbons (Fsp3) is 0.824. The first-order chi connectivity index (χ1) is 38.7. The summed E-state index contributed by atoms with van der Waals surface area (Å²) in [5.41, 5.74) is 0. The molecule has 6 N–H and O–H groups in total. The Morgan fingerprint density at radius 1 is 0.494 bits per heavy atom. The number of rotatable bonds is 57. The lowest BCUT2D eigenvalue weighted by Crippen LogP contribution is -2.60. The van der Waals surface area contributed by atoms with Crippen molar-refractivity contribution in [3.8, 4) is 0 Å². The number of aliphatic hydroxyl groups is 5. The van der Waals surface area contributed by atoms with E-state index < -0.39 is 49.5 Å². The lowest BCUT2D eigenvalue weighted by atomic mass is 9.99. The zero-order chi connectivity index (χ0) is 57.3. The fourth-order valence-corrected chi connectivity index (χ4v) is 10.2. The van der Waals surface area contributed by atoms with Crippen LogP contribution in [0.3, 0.4) is 0 Å². The van der Waals surface area contributed by atoms with Crippen LogP contribution in [0.25, 0.3) is 0 Å². The summed E-state index contributed by atoms with van der Waals surface area (Å²) in [6.45, 7) is 4.10. The number of esters is 1. The summed E-state index contributed by atoms with van der Waals surface area (Å²) in [6.07, 6.45) is 65.2. The molecule has 1 fully saturated rings. The van der Waals surface area contributed by atoms with E-state index in [4.69, 9.17) is 14.2 Å². The predicted octanol–water partition coefficient (Wildman–Crippen LogP) is 16.2. The number of aliphatic hydroxyl groups excluding tert-OH is 5. The highest BCUT2D eigenvalue weighted by molar-refractivity contribution is 5.76. The van der Waals surface area contributed by atoms with Crippen LogP contribution in [-0.4, -0.2) is 100 Å². The van der Waals surface area contributed by atoms with Gasteiger partial charge < -0.3 is 45.1 Å². The average molecular weight is 1110 g/mol. The van der Waals surface area contributed by atoms with Gasteiger partial charge in [-0.25, -0.2) is 0 Å². The molecule has 0 radical (unpaired) electrons. The zero-order valence-corrected chi connectivity index (χ0v) is 50.8. The van der Waals surface area contributed by atoms with E-state index in [1.165, 1.54) is 193 Å². The molecule has 1 saturated heterocycles. The topological polar surface area (TPSA) is 175 Å². The molecule has 1 aliphatic rings. The smallest absolute Gasteiger partial charge is 0.305 e. The van der Waals surface area contributed by atoms with E-state index in [0.717, 1.165) is 77.0 Å². The lowest BCUT2D eigenvalue weighted by molar-refractivity contribution is -0.302. The maximum atomic E-state index is 13.0. The number of ether oxygens (including phenoxy) is 3. The van der Waals surface area contributed by atoms with Crippen LogP contribution in [0.2, 0.25) is 0 Å². The first-order valence-electron chi connectivity index (χ1n) is 33.0. The van der Waals surface area contributed by atoms with Crippen molar-refractivity contribution in [2.24, 2.45) is 0 Å². The molecule has 0 aromatic carbocycles. The summed E-state index contributed by atoms with van der Waals surface area (Å²) >= 11 is 0. The summed E-state index contributed by atoms with van der Waals surface area (Å²) < 4.78 is 16.7. The Morgan fingerprint density at radius 3 is 1.39 bits per heavy atom. The minimum atomic E-state index is -1.58. The van der Waals surface area contributed by atoms with Crippen LogP contribution >= 0.6 is 0 Å². The Balaban J connectivity index is 1.96. The summed E-state index contributed by atoms with van der Waals surface area (Å²) in [6, 6.07) is -0.837. The van der Waals surface area contributed by atoms with Crippen LogP contribution in [-0.2, 0) is 23.8 Å². The Bertz CT molecular complexity index is 1500. The second-order valence-electron chi connectivity index (χ2n) is 22.8. The highest BCUT2D eigenvalue weighted by atomic mass is 16.7. The molecule has 79 heavy (non-hydrogen) atoms. The van der Waals surface area contributed by atoms with Crippen LogP contribution in [0.4, 0.5) is 0 Å². The third-order valence-corrected chi connectivity index (χ3v) is 15.4. The summed E-state index contributed by atoms with van der Waals surface area (Å²) in [7, 11) is 0. The predicted molar refractivity (Wildman–Crippen MR) is 329 cm³/mol. The highest BCUT2D eigenvalue weighted by Gasteiger charge is 2.44. The second kappa shape index (κ2) is 57.2. The maximum absolute atomic E-state index is 13.0. The van der Waals surface area contributed by atoms with E-state index in [2.05, 4.69) is 54.8 Å². The van der Waals surface area contributed by atoms with Crippen molar-refractivity contribution < 1.29 is 49.3 Å². The highest BCUT2D eigenvalue weighted by Crippen LogP contribution is 2.23. The van der Waals surface area contributed by atoms with Crippen LogP contribution in [0.1, 0.15) is 296 Å². The van der Waals surface area contributed by atoms with Crippen molar-refractivity contribution in [2.75, 3.05) is 19.8 Å². The van der Waals surface area contributed by atoms with Crippen molar-refractivity contribution in [1.29, 1.82) is 0 Å². The monoisotopic (exact) mass is 1110 g/mol. The Labute approximate surface area is 484 Å². The largest absolute Gasteiger partial charge is 0.466 e.